The fraction of sp³-hybridized carbons (Fsp3) is 0.473. The summed E-state index contributed by atoms with van der Waals surface area (Å²) in [4.78, 5) is 276. The van der Waals surface area contributed by atoms with Gasteiger partial charge in [0.2, 0.25) is 0 Å². The van der Waals surface area contributed by atoms with E-state index in [0.29, 0.717) is 0 Å². The zero-order valence-electron chi connectivity index (χ0n) is 70.1. The van der Waals surface area contributed by atoms with Crippen LogP contribution in [0.15, 0.2) is 0 Å². The molecule has 0 saturated carbocycles. The lowest BCUT2D eigenvalue weighted by Gasteiger charge is -2.33. The molecule has 0 aliphatic rings. The number of rotatable bonds is 46. The highest BCUT2D eigenvalue weighted by atomic mass is 127. The predicted octanol–water partition coefficient (Wildman–Crippen LogP) is 4.22. The number of carbonyl (C=O) groups excluding carboxylic acids is 21. The Labute approximate surface area is 857 Å². The largest absolute Gasteiger partial charge is 0.462 e. The molecule has 6 atom stereocenters. The minimum absolute atomic E-state index is 0.0820. The molecule has 0 aromatic heterocycles. The van der Waals surface area contributed by atoms with Gasteiger partial charge in [-0.15, -0.1) is 0 Å². The number of ether oxygens (including phenoxy) is 12. The molecule has 12 amide bonds. The maximum Gasteiger partial charge on any atom is 0.319 e. The van der Waals surface area contributed by atoms with Gasteiger partial charge in [-0.25, -0.2) is 14.4 Å². The third-order valence-electron chi connectivity index (χ3n) is 16.0. The number of hydrogen-bond donors (Lipinski definition) is 13. The van der Waals surface area contributed by atoms with Gasteiger partial charge < -0.3 is 126 Å². The fourth-order valence-electron chi connectivity index (χ4n) is 10.4. The molecule has 710 valence electrons. The van der Waals surface area contributed by atoms with Gasteiger partial charge in [0.1, 0.15) is 39.6 Å². The molecule has 0 radical (unpaired) electrons. The Kier molecular flexibility index (Phi) is 51.2. The van der Waals surface area contributed by atoms with E-state index in [-0.39, 0.29) is 82.6 Å². The normalized spacial score (nSPS) is 12.5. The average molecular weight is 2830 g/mol. The first kappa shape index (κ1) is 116. The zero-order valence-corrected chi connectivity index (χ0v) is 89.5. The topological polar surface area (TPSA) is 634 Å². The maximum atomic E-state index is 14.9. The number of urea groups is 3. The van der Waals surface area contributed by atoms with E-state index in [1.54, 1.807) is 203 Å². The molecule has 46 nitrogen and oxygen atoms in total. The molecular formula is C74H87I9N12O34. The molecule has 0 fully saturated rings. The number of esters is 12. The molecule has 3 aromatic rings. The summed E-state index contributed by atoms with van der Waals surface area (Å²) >= 11 is 15.1. The standard InChI is InChI=1S/C74H87I9N12O34/c1-29(97)118-19-41(124-35(7)103)13-84-65(109)47-53(75)48(66(110)85-14-42(125-36(8)104)20-119-30(2)98)57(79)62(56(47)78)93-71(115)90-25-74(28-96,26-91-72(116)94-63-58(80)49(67(111)86-15-43(126-37(9)105)21-120-31(3)99)54(76)50(59(63)81)68(112)87-16-44(127-38(10)106)22-121-32(4)100)27-92-73(117)95-64-60(82)51(69(113)88-17-45(128-39(11)107)23-122-33(5)101)55(77)52(61(64)83)70(114)89-18-46(129-40(12)108)24-123-34(6)102/h41-46,96H,13-28H2,1-12H3,(H,84,109)(H,85,110)(H,86,111)(H,87,112)(H,88,113)(H,89,114)(H2,90,93,115)(H2,91,94,116)(H2,92,95,117). The van der Waals surface area contributed by atoms with Crippen molar-refractivity contribution in [2.45, 2.75) is 120 Å². The minimum atomic E-state index is -2.08. The smallest absolute Gasteiger partial charge is 0.319 e. The first-order valence-electron chi connectivity index (χ1n) is 37.1. The van der Waals surface area contributed by atoms with Gasteiger partial charge in [-0.1, -0.05) is 0 Å². The average Bonchev–Trinajstić information content (AvgIpc) is 0.775. The van der Waals surface area contributed by atoms with Gasteiger partial charge in [-0.3, -0.25) is 86.3 Å². The van der Waals surface area contributed by atoms with Gasteiger partial charge in [0.15, 0.2) is 36.6 Å². The van der Waals surface area contributed by atoms with Crippen LogP contribution in [0.4, 0.5) is 31.4 Å². The third-order valence-corrected chi connectivity index (χ3v) is 25.7. The molecule has 0 heterocycles. The van der Waals surface area contributed by atoms with Crippen LogP contribution in [0.25, 0.3) is 0 Å². The monoisotopic (exact) mass is 2830 g/mol. The van der Waals surface area contributed by atoms with E-state index in [1.165, 1.54) is 0 Å². The molecule has 3 rings (SSSR count). The van der Waals surface area contributed by atoms with E-state index >= 15 is 0 Å². The SMILES string of the molecule is CC(=O)OCC(CNC(=O)c1c(I)c(NC(=O)NCC(CO)(CNC(=O)Nc2c(I)c(C(=O)NCC(COC(C)=O)OC(C)=O)c(I)c(C(=O)NCC(COC(C)=O)OC(C)=O)c2I)CNC(=O)Nc2c(I)c(C(=O)NCC(COC(C)=O)OC(C)=O)c(I)c(C(=O)NCC(COC(C)=O)OC(C)=O)c2I)c(I)c(C(=O)NCC(COC(C)=O)OC(C)=O)c1I)OC(C)=O. The molecule has 0 spiro atoms. The van der Waals surface area contributed by atoms with E-state index < -0.39 is 272 Å². The summed E-state index contributed by atoms with van der Waals surface area (Å²) in [7, 11) is 0. The van der Waals surface area contributed by atoms with Crippen molar-refractivity contribution >= 4 is 346 Å². The highest BCUT2D eigenvalue weighted by molar-refractivity contribution is 14.1. The predicted molar refractivity (Wildman–Crippen MR) is 521 cm³/mol. The Morgan fingerprint density at radius 3 is 0.512 bits per heavy atom. The highest BCUT2D eigenvalue weighted by Gasteiger charge is 2.38. The lowest BCUT2D eigenvalue weighted by Crippen LogP contribution is -2.55. The summed E-state index contributed by atoms with van der Waals surface area (Å²) in [6.45, 7) is 2.88. The van der Waals surface area contributed by atoms with Crippen molar-refractivity contribution in [3.05, 3.63) is 65.5 Å². The summed E-state index contributed by atoms with van der Waals surface area (Å²) in [5.41, 5.74) is -4.77. The zero-order chi connectivity index (χ0) is 97.8. The quantitative estimate of drug-likeness (QED) is 0.0214. The van der Waals surface area contributed by atoms with Crippen molar-refractivity contribution in [2.24, 2.45) is 5.41 Å². The molecule has 129 heavy (non-hydrogen) atoms. The number of amides is 12. The van der Waals surface area contributed by atoms with Crippen molar-refractivity contribution in [1.29, 1.82) is 0 Å². The van der Waals surface area contributed by atoms with Crippen molar-refractivity contribution < 1.29 is 163 Å². The van der Waals surface area contributed by atoms with Gasteiger partial charge in [0, 0.05) is 119 Å². The number of benzene rings is 3. The van der Waals surface area contributed by atoms with E-state index in [1.807, 2.05) is 0 Å². The van der Waals surface area contributed by atoms with Gasteiger partial charge >= 0.3 is 89.7 Å². The third kappa shape index (κ3) is 40.0. The molecule has 0 bridgehead atoms. The number of aliphatic hydroxyl groups excluding tert-OH is 1. The second kappa shape index (κ2) is 57.1. The number of nitrogens with one attached hydrogen (secondary N) is 12. The summed E-state index contributed by atoms with van der Waals surface area (Å²) in [6, 6.07) is -3.64. The molecule has 6 unspecified atom stereocenters. The Morgan fingerprint density at radius 2 is 0.388 bits per heavy atom. The number of carbonyl (C=O) groups is 21. The summed E-state index contributed by atoms with van der Waals surface area (Å²) in [5.74, 6) is -15.5. The lowest BCUT2D eigenvalue weighted by atomic mass is 9.88. The van der Waals surface area contributed by atoms with Crippen molar-refractivity contribution in [3.63, 3.8) is 0 Å². The molecule has 0 aliphatic heterocycles. The van der Waals surface area contributed by atoms with Crippen LogP contribution in [0, 0.1) is 37.5 Å². The van der Waals surface area contributed by atoms with E-state index in [4.69, 9.17) is 56.8 Å². The van der Waals surface area contributed by atoms with Crippen LogP contribution in [0.3, 0.4) is 0 Å². The first-order chi connectivity index (χ1) is 60.2. The van der Waals surface area contributed by atoms with Crippen molar-refractivity contribution in [3.8, 4) is 0 Å². The fourth-order valence-corrected chi connectivity index (χ4v) is 23.6. The molecule has 13 N–H and O–H groups in total. The molecule has 55 heteroatoms. The maximum absolute atomic E-state index is 14.9. The van der Waals surface area contributed by atoms with Crippen LogP contribution in [0.1, 0.15) is 145 Å². The molecular weight excluding hydrogens is 2740 g/mol. The molecule has 3 aromatic carbocycles. The first-order valence-corrected chi connectivity index (χ1v) is 46.9. The Balaban J connectivity index is 2.48. The van der Waals surface area contributed by atoms with Crippen LogP contribution in [-0.2, 0) is 114 Å². The summed E-state index contributed by atoms with van der Waals surface area (Å²) < 4.78 is 61.1. The van der Waals surface area contributed by atoms with Crippen LogP contribution in [0.2, 0.25) is 0 Å². The Bertz CT molecular complexity index is 4110. The van der Waals surface area contributed by atoms with Gasteiger partial charge in [-0.2, -0.15) is 0 Å². The number of aliphatic hydroxyl groups is 1. The van der Waals surface area contributed by atoms with Crippen molar-refractivity contribution in [2.75, 3.05) is 121 Å². The molecule has 0 aliphatic carbocycles. The highest BCUT2D eigenvalue weighted by Crippen LogP contribution is 2.39. The second-order valence-corrected chi connectivity index (χ2v) is 36.5. The minimum Gasteiger partial charge on any atom is -0.462 e. The van der Waals surface area contributed by atoms with Crippen LogP contribution in [0.5, 0.6) is 0 Å². The summed E-state index contributed by atoms with van der Waals surface area (Å²) in [5, 5.41) is 42.7. The van der Waals surface area contributed by atoms with Gasteiger partial charge in [-0.05, 0) is 203 Å². The molecule has 0 saturated heterocycles. The summed E-state index contributed by atoms with van der Waals surface area (Å²) in [6.07, 6.45) is -7.66. The van der Waals surface area contributed by atoms with Crippen LogP contribution >= 0.6 is 203 Å². The lowest BCUT2D eigenvalue weighted by molar-refractivity contribution is -0.155. The second-order valence-electron chi connectivity index (χ2n) is 26.7. The Morgan fingerprint density at radius 1 is 0.240 bits per heavy atom. The van der Waals surface area contributed by atoms with E-state index in [0.717, 1.165) is 83.1 Å². The van der Waals surface area contributed by atoms with Gasteiger partial charge in [0.25, 0.3) is 35.4 Å². The van der Waals surface area contributed by atoms with E-state index in [9.17, 15) is 106 Å². The van der Waals surface area contributed by atoms with Gasteiger partial charge in [0.05, 0.1) is 118 Å². The number of hydrogen-bond acceptors (Lipinski definition) is 34. The number of anilines is 3. The number of halogens is 9. The van der Waals surface area contributed by atoms with Crippen LogP contribution < -0.4 is 63.8 Å². The van der Waals surface area contributed by atoms with Crippen molar-refractivity contribution in [1.82, 2.24) is 47.9 Å². The van der Waals surface area contributed by atoms with E-state index in [2.05, 4.69) is 63.8 Å². The van der Waals surface area contributed by atoms with Crippen LogP contribution in [-0.4, -0.2) is 272 Å². The Hall–Kier alpha value is -7.54.